The molecule has 1 aromatic carbocycles. The number of nitrogens with two attached hydrogens (primary N) is 1. The largest absolute Gasteiger partial charge is 0.345 e. The lowest BCUT2D eigenvalue weighted by Gasteiger charge is -2.31. The van der Waals surface area contributed by atoms with E-state index in [2.05, 4.69) is 15.4 Å². The number of carbonyl (C=O) groups is 3. The molecule has 2 bridgehead atoms. The molecule has 2 atom stereocenters. The minimum Gasteiger partial charge on any atom is -0.309 e. The number of hydrazine groups is 1. The quantitative estimate of drug-likeness (QED) is 0.381. The van der Waals surface area contributed by atoms with Crippen molar-refractivity contribution in [2.45, 2.75) is 38.1 Å². The number of amides is 4. The monoisotopic (exact) mass is 400 g/mol. The number of hydrogen-bond acceptors (Lipinski definition) is 8. The molecule has 1 aromatic heterocycles. The number of hydrogen-bond donors (Lipinski definition) is 1. The average Bonchev–Trinajstić information content (AvgIpc) is 3.33. The van der Waals surface area contributed by atoms with Gasteiger partial charge in [0.25, 0.3) is 11.8 Å². The molecule has 0 saturated carbocycles. The number of fused-ring (bicyclic) bond motifs is 2. The van der Waals surface area contributed by atoms with E-state index in [1.165, 1.54) is 16.3 Å². The number of benzene rings is 1. The van der Waals surface area contributed by atoms with Crippen LogP contribution in [0.15, 0.2) is 36.7 Å². The van der Waals surface area contributed by atoms with Gasteiger partial charge in [0.2, 0.25) is 0 Å². The lowest BCUT2D eigenvalue weighted by Crippen LogP contribution is -2.55. The molecule has 0 unspecified atom stereocenters. The van der Waals surface area contributed by atoms with Crippen molar-refractivity contribution in [1.82, 2.24) is 35.2 Å². The van der Waals surface area contributed by atoms with E-state index >= 15 is 0 Å². The Morgan fingerprint density at radius 2 is 2.03 bits per heavy atom. The van der Waals surface area contributed by atoms with E-state index in [4.69, 9.17) is 10.7 Å². The molecule has 2 fully saturated rings. The van der Waals surface area contributed by atoms with Gasteiger partial charge in [0, 0.05) is 6.54 Å². The molecule has 12 heteroatoms. The summed E-state index contributed by atoms with van der Waals surface area (Å²) in [6.07, 6.45) is 2.13. The summed E-state index contributed by atoms with van der Waals surface area (Å²) in [6.45, 7) is 0.274. The summed E-state index contributed by atoms with van der Waals surface area (Å²) >= 11 is 0. The van der Waals surface area contributed by atoms with E-state index in [1.807, 2.05) is 30.3 Å². The average molecular weight is 400 g/mol. The summed E-state index contributed by atoms with van der Waals surface area (Å²) in [5.41, 5.74) is 0.935. The van der Waals surface area contributed by atoms with E-state index in [-0.39, 0.29) is 19.2 Å². The van der Waals surface area contributed by atoms with Gasteiger partial charge in [-0.05, 0) is 23.6 Å². The van der Waals surface area contributed by atoms with Crippen molar-refractivity contribution in [1.29, 1.82) is 0 Å². The molecule has 4 rings (SSSR count). The minimum absolute atomic E-state index is 0.142. The lowest BCUT2D eigenvalue weighted by atomic mass is 10.00. The first-order chi connectivity index (χ1) is 14.0. The highest BCUT2D eigenvalue weighted by Crippen LogP contribution is 2.31. The molecule has 2 aromatic rings. The molecule has 2 aliphatic rings. The summed E-state index contributed by atoms with van der Waals surface area (Å²) in [4.78, 5) is 45.9. The molecule has 4 amide bonds. The molecule has 29 heavy (non-hydrogen) atoms. The fraction of sp³-hybridized carbons (Fsp3) is 0.412. The molecule has 2 N–H and O–H groups in total. The number of hydroxylamine groups is 2. The lowest BCUT2D eigenvalue weighted by molar-refractivity contribution is -0.149. The summed E-state index contributed by atoms with van der Waals surface area (Å²) in [5.74, 6) is 4.37. The van der Waals surface area contributed by atoms with E-state index in [0.717, 1.165) is 10.4 Å². The molecule has 152 valence electrons. The third kappa shape index (κ3) is 3.79. The summed E-state index contributed by atoms with van der Waals surface area (Å²) in [6, 6.07) is 8.13. The van der Waals surface area contributed by atoms with Crippen LogP contribution in [-0.2, 0) is 27.6 Å². The zero-order chi connectivity index (χ0) is 20.4. The highest BCUT2D eigenvalue weighted by Gasteiger charge is 2.49. The Morgan fingerprint density at radius 1 is 1.24 bits per heavy atom. The van der Waals surface area contributed by atoms with Crippen LogP contribution in [0.1, 0.15) is 18.4 Å². The van der Waals surface area contributed by atoms with Gasteiger partial charge in [0.1, 0.15) is 19.2 Å². The van der Waals surface area contributed by atoms with E-state index in [9.17, 15) is 14.4 Å². The van der Waals surface area contributed by atoms with Gasteiger partial charge in [-0.3, -0.25) is 14.4 Å². The first kappa shape index (κ1) is 19.0. The van der Waals surface area contributed by atoms with Crippen LogP contribution >= 0.6 is 0 Å². The van der Waals surface area contributed by atoms with Gasteiger partial charge < -0.3 is 4.90 Å². The third-order valence-corrected chi connectivity index (χ3v) is 5.00. The third-order valence-electron chi connectivity index (χ3n) is 5.00. The molecule has 2 aliphatic heterocycles. The van der Waals surface area contributed by atoms with Gasteiger partial charge in [0.05, 0.1) is 6.04 Å². The van der Waals surface area contributed by atoms with Crippen LogP contribution in [0.3, 0.4) is 0 Å². The van der Waals surface area contributed by atoms with Crippen LogP contribution < -0.4 is 5.84 Å². The molecular formula is C17H20N8O4. The zero-order valence-corrected chi connectivity index (χ0v) is 15.5. The van der Waals surface area contributed by atoms with Gasteiger partial charge in [-0.1, -0.05) is 30.3 Å². The molecule has 2 saturated heterocycles. The normalized spacial score (nSPS) is 20.8. The standard InChI is InChI=1S/C17H20N8O4/c18-24(15(26)9-23-20-11-19-21-23)16(27)14-7-6-13-8-22(14)17(28)25(13)29-10-12-4-2-1-3-5-12/h1-5,11,13-14H,6-10,18H2/t13-,14+/m1/s1. The maximum atomic E-state index is 12.8. The molecule has 0 spiro atoms. The van der Waals surface area contributed by atoms with Crippen molar-refractivity contribution in [3.8, 4) is 0 Å². The molecule has 12 nitrogen and oxygen atoms in total. The SMILES string of the molecule is NN(C(=O)Cn1ncnn1)C(=O)[C@@H]1CC[C@@H]2CN1C(=O)N2OCc1ccccc1. The number of rotatable bonds is 6. The van der Waals surface area contributed by atoms with Crippen molar-refractivity contribution >= 4 is 17.8 Å². The number of aromatic nitrogens is 4. The van der Waals surface area contributed by atoms with E-state index in [1.54, 1.807) is 0 Å². The maximum Gasteiger partial charge on any atom is 0.345 e. The van der Waals surface area contributed by atoms with Crippen molar-refractivity contribution in [2.24, 2.45) is 5.84 Å². The van der Waals surface area contributed by atoms with Gasteiger partial charge in [-0.15, -0.1) is 10.2 Å². The van der Waals surface area contributed by atoms with Crippen molar-refractivity contribution in [3.63, 3.8) is 0 Å². The second-order valence-electron chi connectivity index (χ2n) is 6.83. The Balaban J connectivity index is 1.38. The van der Waals surface area contributed by atoms with Crippen LogP contribution in [0.5, 0.6) is 0 Å². The highest BCUT2D eigenvalue weighted by atomic mass is 16.7. The predicted octanol–water partition coefficient (Wildman–Crippen LogP) is -0.698. The Kier molecular flexibility index (Phi) is 5.18. The molecule has 0 radical (unpaired) electrons. The minimum atomic E-state index is -0.818. The Hall–Kier alpha value is -3.38. The highest BCUT2D eigenvalue weighted by molar-refractivity contribution is 5.98. The number of nitrogens with zero attached hydrogens (tertiary/aromatic N) is 7. The van der Waals surface area contributed by atoms with E-state index < -0.39 is 23.9 Å². The summed E-state index contributed by atoms with van der Waals surface area (Å²) in [5, 5.41) is 12.6. The van der Waals surface area contributed by atoms with Crippen LogP contribution in [0.25, 0.3) is 0 Å². The fourth-order valence-electron chi connectivity index (χ4n) is 3.51. The van der Waals surface area contributed by atoms with Gasteiger partial charge in [-0.25, -0.2) is 15.6 Å². The molecule has 3 heterocycles. The molecule has 0 aliphatic carbocycles. The number of imide groups is 1. The van der Waals surface area contributed by atoms with Crippen LogP contribution in [-0.4, -0.2) is 71.7 Å². The topological polar surface area (TPSA) is 140 Å². The number of piperidine rings is 1. The van der Waals surface area contributed by atoms with Gasteiger partial charge >= 0.3 is 6.03 Å². The van der Waals surface area contributed by atoms with Gasteiger partial charge in [-0.2, -0.15) is 9.86 Å². The van der Waals surface area contributed by atoms with Gasteiger partial charge in [0.15, 0.2) is 6.33 Å². The first-order valence-electron chi connectivity index (χ1n) is 9.13. The Bertz CT molecular complexity index is 890. The number of carbonyl (C=O) groups excluding carboxylic acids is 3. The second-order valence-corrected chi connectivity index (χ2v) is 6.83. The smallest absolute Gasteiger partial charge is 0.309 e. The molecular weight excluding hydrogens is 380 g/mol. The van der Waals surface area contributed by atoms with E-state index in [0.29, 0.717) is 24.4 Å². The van der Waals surface area contributed by atoms with Crippen molar-refractivity contribution in [3.05, 3.63) is 42.2 Å². The Morgan fingerprint density at radius 3 is 2.76 bits per heavy atom. The zero-order valence-electron chi connectivity index (χ0n) is 15.5. The number of urea groups is 1. The van der Waals surface area contributed by atoms with Crippen LogP contribution in [0, 0.1) is 0 Å². The van der Waals surface area contributed by atoms with Crippen molar-refractivity contribution in [2.75, 3.05) is 6.54 Å². The first-order valence-corrected chi connectivity index (χ1v) is 9.13. The van der Waals surface area contributed by atoms with Crippen molar-refractivity contribution < 1.29 is 19.2 Å². The summed E-state index contributed by atoms with van der Waals surface area (Å²) in [7, 11) is 0. The Labute approximate surface area is 165 Å². The fourth-order valence-corrected chi connectivity index (χ4v) is 3.51. The second kappa shape index (κ2) is 7.93. The summed E-state index contributed by atoms with van der Waals surface area (Å²) < 4.78 is 0. The predicted molar refractivity (Wildman–Crippen MR) is 95.8 cm³/mol. The number of tetrazole rings is 1. The maximum absolute atomic E-state index is 12.8. The van der Waals surface area contributed by atoms with Crippen LogP contribution in [0.4, 0.5) is 4.79 Å². The van der Waals surface area contributed by atoms with Crippen LogP contribution in [0.2, 0.25) is 0 Å².